The van der Waals surface area contributed by atoms with Crippen molar-refractivity contribution < 1.29 is 17.9 Å². The maximum Gasteiger partial charge on any atom is 0.390 e. The first-order valence-electron chi connectivity index (χ1n) is 6.97. The molecule has 1 saturated heterocycles. The number of rotatable bonds is 5. The first-order valence-corrected chi connectivity index (χ1v) is 6.97. The van der Waals surface area contributed by atoms with Gasteiger partial charge in [0.1, 0.15) is 0 Å². The monoisotopic (exact) mass is 287 g/mol. The van der Waals surface area contributed by atoms with Crippen LogP contribution < -0.4 is 0 Å². The molecule has 1 aliphatic heterocycles. The van der Waals surface area contributed by atoms with Crippen LogP contribution in [0.1, 0.15) is 24.8 Å². The molecule has 0 amide bonds. The van der Waals surface area contributed by atoms with E-state index in [1.54, 1.807) is 0 Å². The van der Waals surface area contributed by atoms with Crippen molar-refractivity contribution in [1.82, 2.24) is 4.90 Å². The molecule has 0 bridgehead atoms. The van der Waals surface area contributed by atoms with Crippen LogP contribution in [0.4, 0.5) is 13.2 Å². The van der Waals surface area contributed by atoms with E-state index in [0.717, 1.165) is 24.9 Å². The normalized spacial score (nSPS) is 21.1. The molecule has 0 spiro atoms. The maximum absolute atomic E-state index is 12.2. The van der Waals surface area contributed by atoms with E-state index in [2.05, 4.69) is 0 Å². The summed E-state index contributed by atoms with van der Waals surface area (Å²) in [6, 6.07) is 9.84. The third-order valence-electron chi connectivity index (χ3n) is 3.50. The zero-order chi connectivity index (χ0) is 14.4. The van der Waals surface area contributed by atoms with Gasteiger partial charge in [0.05, 0.1) is 19.1 Å². The van der Waals surface area contributed by atoms with Crippen LogP contribution in [0.25, 0.3) is 0 Å². The molecule has 0 N–H and O–H groups in total. The second-order valence-electron chi connectivity index (χ2n) is 5.23. The number of hydrogen-bond acceptors (Lipinski definition) is 2. The molecule has 1 aromatic carbocycles. The molecule has 20 heavy (non-hydrogen) atoms. The van der Waals surface area contributed by atoms with Gasteiger partial charge in [-0.05, 0) is 24.9 Å². The Balaban J connectivity index is 1.73. The Labute approximate surface area is 117 Å². The van der Waals surface area contributed by atoms with Gasteiger partial charge in [0.2, 0.25) is 0 Å². The lowest BCUT2D eigenvalue weighted by molar-refractivity contribution is -0.140. The average Bonchev–Trinajstić information content (AvgIpc) is 2.44. The molecule has 1 fully saturated rings. The van der Waals surface area contributed by atoms with Crippen molar-refractivity contribution in [2.45, 2.75) is 38.1 Å². The quantitative estimate of drug-likeness (QED) is 0.820. The Hall–Kier alpha value is -1.07. The molecule has 0 aliphatic carbocycles. The molecule has 1 unspecified atom stereocenters. The summed E-state index contributed by atoms with van der Waals surface area (Å²) in [5, 5.41) is 0. The number of ether oxygens (including phenoxy) is 1. The Morgan fingerprint density at radius 3 is 2.65 bits per heavy atom. The van der Waals surface area contributed by atoms with Crippen molar-refractivity contribution in [2.75, 3.05) is 19.6 Å². The summed E-state index contributed by atoms with van der Waals surface area (Å²) in [4.78, 5) is 1.85. The summed E-state index contributed by atoms with van der Waals surface area (Å²) < 4.78 is 42.5. The Kier molecular flexibility index (Phi) is 5.43. The van der Waals surface area contributed by atoms with E-state index in [9.17, 15) is 13.2 Å². The van der Waals surface area contributed by atoms with Gasteiger partial charge in [0.15, 0.2) is 0 Å². The molecular weight excluding hydrogens is 267 g/mol. The summed E-state index contributed by atoms with van der Waals surface area (Å²) in [5.41, 5.74) is 1.10. The second-order valence-corrected chi connectivity index (χ2v) is 5.23. The lowest BCUT2D eigenvalue weighted by Crippen LogP contribution is -2.41. The van der Waals surface area contributed by atoms with E-state index in [-0.39, 0.29) is 12.6 Å². The van der Waals surface area contributed by atoms with Gasteiger partial charge in [-0.2, -0.15) is 13.2 Å². The fourth-order valence-corrected chi connectivity index (χ4v) is 2.43. The first-order chi connectivity index (χ1) is 9.53. The van der Waals surface area contributed by atoms with Crippen LogP contribution in [-0.2, 0) is 11.3 Å². The molecular formula is C15H20F3NO. The molecule has 2 nitrogen and oxygen atoms in total. The maximum atomic E-state index is 12.2. The summed E-state index contributed by atoms with van der Waals surface area (Å²) in [6.45, 7) is 1.94. The number of likely N-dealkylation sites (tertiary alicyclic amines) is 1. The number of halogens is 3. The van der Waals surface area contributed by atoms with Crippen LogP contribution in [0.5, 0.6) is 0 Å². The zero-order valence-corrected chi connectivity index (χ0v) is 11.4. The molecule has 1 atom stereocenters. The van der Waals surface area contributed by atoms with E-state index >= 15 is 0 Å². The van der Waals surface area contributed by atoms with Gasteiger partial charge < -0.3 is 9.64 Å². The van der Waals surface area contributed by atoms with Crippen molar-refractivity contribution in [1.29, 1.82) is 0 Å². The van der Waals surface area contributed by atoms with E-state index in [1.807, 2.05) is 35.2 Å². The molecule has 2 rings (SSSR count). The van der Waals surface area contributed by atoms with Gasteiger partial charge in [-0.1, -0.05) is 30.3 Å². The fourth-order valence-electron chi connectivity index (χ4n) is 2.43. The van der Waals surface area contributed by atoms with Gasteiger partial charge in [-0.25, -0.2) is 0 Å². The highest BCUT2D eigenvalue weighted by Crippen LogP contribution is 2.22. The molecule has 1 aromatic rings. The third-order valence-corrected chi connectivity index (χ3v) is 3.50. The first kappa shape index (κ1) is 15.3. The van der Waals surface area contributed by atoms with E-state index in [1.165, 1.54) is 0 Å². The molecule has 0 aromatic heterocycles. The summed E-state index contributed by atoms with van der Waals surface area (Å²) in [6.07, 6.45) is -2.94. The molecule has 112 valence electrons. The number of benzene rings is 1. The van der Waals surface area contributed by atoms with E-state index in [0.29, 0.717) is 13.2 Å². The number of hydrogen-bond donors (Lipinski definition) is 0. The largest absolute Gasteiger partial charge is 0.390 e. The van der Waals surface area contributed by atoms with Crippen LogP contribution in [0, 0.1) is 0 Å². The van der Waals surface area contributed by atoms with Crippen molar-refractivity contribution in [2.24, 2.45) is 0 Å². The van der Waals surface area contributed by atoms with Crippen LogP contribution in [0.3, 0.4) is 0 Å². The predicted octanol–water partition coefficient (Wildman–Crippen LogP) is 3.62. The topological polar surface area (TPSA) is 12.5 Å². The predicted molar refractivity (Wildman–Crippen MR) is 71.4 cm³/mol. The highest BCUT2D eigenvalue weighted by atomic mass is 19.4. The van der Waals surface area contributed by atoms with Crippen LogP contribution in [0.2, 0.25) is 0 Å². The molecule has 5 heteroatoms. The molecule has 1 heterocycles. The van der Waals surface area contributed by atoms with Crippen molar-refractivity contribution in [3.8, 4) is 0 Å². The van der Waals surface area contributed by atoms with Gasteiger partial charge >= 0.3 is 6.18 Å². The Morgan fingerprint density at radius 2 is 1.95 bits per heavy atom. The average molecular weight is 287 g/mol. The van der Waals surface area contributed by atoms with Gasteiger partial charge in [-0.3, -0.25) is 0 Å². The second kappa shape index (κ2) is 7.09. The molecule has 1 aliphatic rings. The minimum Gasteiger partial charge on any atom is -0.372 e. The number of nitrogens with zero attached hydrogens (tertiary/aromatic N) is 1. The van der Waals surface area contributed by atoms with Crippen LogP contribution >= 0.6 is 0 Å². The number of piperidine rings is 1. The van der Waals surface area contributed by atoms with Gasteiger partial charge in [0.25, 0.3) is 0 Å². The zero-order valence-electron chi connectivity index (χ0n) is 11.4. The Bertz CT molecular complexity index is 394. The fraction of sp³-hybridized carbons (Fsp3) is 0.600. The third kappa shape index (κ3) is 5.51. The SMILES string of the molecule is FC(F)(F)CCN1CCCC(OCc2ccccc2)C1. The lowest BCUT2D eigenvalue weighted by atomic mass is 10.1. The lowest BCUT2D eigenvalue weighted by Gasteiger charge is -2.32. The van der Waals surface area contributed by atoms with Crippen LogP contribution in [-0.4, -0.2) is 36.8 Å². The minimum atomic E-state index is -4.07. The number of alkyl halides is 3. The summed E-state index contributed by atoms with van der Waals surface area (Å²) >= 11 is 0. The highest BCUT2D eigenvalue weighted by molar-refractivity contribution is 5.13. The highest BCUT2D eigenvalue weighted by Gasteiger charge is 2.29. The molecule has 0 radical (unpaired) electrons. The van der Waals surface area contributed by atoms with E-state index in [4.69, 9.17) is 4.74 Å². The summed E-state index contributed by atoms with van der Waals surface area (Å²) in [5.74, 6) is 0. The Morgan fingerprint density at radius 1 is 1.20 bits per heavy atom. The van der Waals surface area contributed by atoms with Gasteiger partial charge in [0, 0.05) is 13.1 Å². The van der Waals surface area contributed by atoms with Crippen molar-refractivity contribution >= 4 is 0 Å². The van der Waals surface area contributed by atoms with Crippen molar-refractivity contribution in [3.63, 3.8) is 0 Å². The molecule has 0 saturated carbocycles. The summed E-state index contributed by atoms with van der Waals surface area (Å²) in [7, 11) is 0. The standard InChI is InChI=1S/C15H20F3NO/c16-15(17,18)8-10-19-9-4-7-14(11-19)20-12-13-5-2-1-3-6-13/h1-3,5-6,14H,4,7-12H2. The van der Waals surface area contributed by atoms with Crippen molar-refractivity contribution in [3.05, 3.63) is 35.9 Å². The smallest absolute Gasteiger partial charge is 0.372 e. The van der Waals surface area contributed by atoms with Gasteiger partial charge in [-0.15, -0.1) is 0 Å². The van der Waals surface area contributed by atoms with Crippen LogP contribution in [0.15, 0.2) is 30.3 Å². The minimum absolute atomic E-state index is 0.0391. The van der Waals surface area contributed by atoms with E-state index < -0.39 is 12.6 Å².